The highest BCUT2D eigenvalue weighted by Crippen LogP contribution is 2.38. The number of carbonyl (C=O) groups is 1. The monoisotopic (exact) mass is 246 g/mol. The van der Waals surface area contributed by atoms with Crippen LogP contribution in [0.2, 0.25) is 0 Å². The fourth-order valence-electron chi connectivity index (χ4n) is 2.80. The minimum Gasteiger partial charge on any atom is -0.399 e. The van der Waals surface area contributed by atoms with Gasteiger partial charge in [0, 0.05) is 23.8 Å². The van der Waals surface area contributed by atoms with E-state index in [2.05, 4.69) is 6.92 Å². The fourth-order valence-corrected chi connectivity index (χ4v) is 2.80. The number of amides is 1. The summed E-state index contributed by atoms with van der Waals surface area (Å²) in [6, 6.07) is 7.51. The van der Waals surface area contributed by atoms with Gasteiger partial charge in [-0.05, 0) is 31.0 Å². The topological polar surface area (TPSA) is 46.3 Å². The molecule has 1 amide bonds. The maximum Gasteiger partial charge on any atom is 0.232 e. The molecule has 2 rings (SSSR count). The summed E-state index contributed by atoms with van der Waals surface area (Å²) in [4.78, 5) is 14.4. The van der Waals surface area contributed by atoms with Crippen LogP contribution in [0, 0.1) is 5.41 Å². The van der Waals surface area contributed by atoms with Crippen molar-refractivity contribution in [3.05, 3.63) is 24.3 Å². The zero-order valence-corrected chi connectivity index (χ0v) is 11.3. The molecule has 1 aliphatic rings. The quantitative estimate of drug-likeness (QED) is 0.814. The molecule has 0 aliphatic heterocycles. The van der Waals surface area contributed by atoms with Gasteiger partial charge in [0.05, 0.1) is 0 Å². The summed E-state index contributed by atoms with van der Waals surface area (Å²) in [5.41, 5.74) is 7.15. The van der Waals surface area contributed by atoms with Crippen LogP contribution >= 0.6 is 0 Å². The van der Waals surface area contributed by atoms with Crippen LogP contribution in [-0.4, -0.2) is 13.0 Å². The van der Waals surface area contributed by atoms with Crippen molar-refractivity contribution in [1.82, 2.24) is 0 Å². The van der Waals surface area contributed by atoms with Crippen LogP contribution in [-0.2, 0) is 4.79 Å². The van der Waals surface area contributed by atoms with Crippen molar-refractivity contribution in [2.45, 2.75) is 39.0 Å². The lowest BCUT2D eigenvalue weighted by molar-refractivity contribution is -0.128. The van der Waals surface area contributed by atoms with Crippen LogP contribution in [0.25, 0.3) is 0 Å². The van der Waals surface area contributed by atoms with Crippen molar-refractivity contribution in [2.24, 2.45) is 5.41 Å². The Balaban J connectivity index is 2.17. The minimum atomic E-state index is -0.197. The minimum absolute atomic E-state index is 0.197. The van der Waals surface area contributed by atoms with E-state index in [9.17, 15) is 4.79 Å². The van der Waals surface area contributed by atoms with Crippen molar-refractivity contribution in [3.63, 3.8) is 0 Å². The average Bonchev–Trinajstić information content (AvgIpc) is 2.38. The van der Waals surface area contributed by atoms with Crippen LogP contribution in [0.15, 0.2) is 24.3 Å². The average molecular weight is 246 g/mol. The normalized spacial score (nSPS) is 18.3. The predicted molar refractivity (Wildman–Crippen MR) is 75.5 cm³/mol. The molecule has 1 saturated carbocycles. The van der Waals surface area contributed by atoms with Gasteiger partial charge in [-0.1, -0.05) is 32.3 Å². The van der Waals surface area contributed by atoms with Gasteiger partial charge in [-0.25, -0.2) is 0 Å². The fraction of sp³-hybridized carbons (Fsp3) is 0.533. The van der Waals surface area contributed by atoms with Crippen LogP contribution in [0.4, 0.5) is 11.4 Å². The maximum atomic E-state index is 12.6. The lowest BCUT2D eigenvalue weighted by atomic mass is 9.74. The maximum absolute atomic E-state index is 12.6. The summed E-state index contributed by atoms with van der Waals surface area (Å²) >= 11 is 0. The van der Waals surface area contributed by atoms with Gasteiger partial charge < -0.3 is 10.6 Å². The second kappa shape index (κ2) is 5.01. The molecule has 18 heavy (non-hydrogen) atoms. The molecule has 2 N–H and O–H groups in total. The van der Waals surface area contributed by atoms with Crippen LogP contribution < -0.4 is 10.6 Å². The highest BCUT2D eigenvalue weighted by molar-refractivity contribution is 5.97. The zero-order valence-electron chi connectivity index (χ0n) is 11.3. The Morgan fingerprint density at radius 3 is 2.56 bits per heavy atom. The molecule has 0 heterocycles. The van der Waals surface area contributed by atoms with Crippen molar-refractivity contribution >= 4 is 17.3 Å². The van der Waals surface area contributed by atoms with E-state index < -0.39 is 0 Å². The molecule has 1 aromatic rings. The lowest BCUT2D eigenvalue weighted by Crippen LogP contribution is -2.41. The SMILES string of the molecule is CN(C(=O)C1(C)CCCCC1)c1cccc(N)c1. The zero-order chi connectivity index (χ0) is 13.2. The standard InChI is InChI=1S/C15H22N2O/c1-15(9-4-3-5-10-15)14(18)17(2)13-8-6-7-12(16)11-13/h6-8,11H,3-5,9-10,16H2,1-2H3. The Bertz CT molecular complexity index is 436. The van der Waals surface area contributed by atoms with Gasteiger partial charge >= 0.3 is 0 Å². The first kappa shape index (κ1) is 12.9. The van der Waals surface area contributed by atoms with Crippen molar-refractivity contribution in [2.75, 3.05) is 17.7 Å². The van der Waals surface area contributed by atoms with E-state index in [4.69, 9.17) is 5.73 Å². The van der Waals surface area contributed by atoms with Gasteiger partial charge in [-0.2, -0.15) is 0 Å². The number of benzene rings is 1. The Morgan fingerprint density at radius 2 is 1.94 bits per heavy atom. The second-order valence-electron chi connectivity index (χ2n) is 5.58. The molecule has 0 atom stereocenters. The van der Waals surface area contributed by atoms with Gasteiger partial charge in [0.15, 0.2) is 0 Å². The smallest absolute Gasteiger partial charge is 0.232 e. The van der Waals surface area contributed by atoms with E-state index in [1.54, 1.807) is 4.90 Å². The number of hydrogen-bond acceptors (Lipinski definition) is 2. The molecule has 3 nitrogen and oxygen atoms in total. The molecule has 0 saturated heterocycles. The number of anilines is 2. The van der Waals surface area contributed by atoms with E-state index in [1.807, 2.05) is 31.3 Å². The molecule has 0 aromatic heterocycles. The van der Waals surface area contributed by atoms with Crippen LogP contribution in [0.1, 0.15) is 39.0 Å². The first-order valence-corrected chi connectivity index (χ1v) is 6.67. The summed E-state index contributed by atoms with van der Waals surface area (Å²) < 4.78 is 0. The van der Waals surface area contributed by atoms with Gasteiger partial charge in [0.1, 0.15) is 0 Å². The van der Waals surface area contributed by atoms with Crippen LogP contribution in [0.3, 0.4) is 0 Å². The van der Waals surface area contributed by atoms with Crippen molar-refractivity contribution < 1.29 is 4.79 Å². The molecule has 0 bridgehead atoms. The molecular formula is C15H22N2O. The number of nitrogens with zero attached hydrogens (tertiary/aromatic N) is 1. The summed E-state index contributed by atoms with van der Waals surface area (Å²) in [5.74, 6) is 0.216. The third-order valence-corrected chi connectivity index (χ3v) is 4.04. The number of rotatable bonds is 2. The summed E-state index contributed by atoms with van der Waals surface area (Å²) in [6.07, 6.45) is 5.57. The Morgan fingerprint density at radius 1 is 1.28 bits per heavy atom. The van der Waals surface area contributed by atoms with Gasteiger partial charge in [-0.15, -0.1) is 0 Å². The first-order valence-electron chi connectivity index (χ1n) is 6.67. The van der Waals surface area contributed by atoms with E-state index in [0.29, 0.717) is 5.69 Å². The van der Waals surface area contributed by atoms with Gasteiger partial charge in [0.2, 0.25) is 5.91 Å². The number of nitrogen functional groups attached to an aromatic ring is 1. The third kappa shape index (κ3) is 2.50. The number of nitrogens with two attached hydrogens (primary N) is 1. The molecule has 3 heteroatoms. The van der Waals surface area contributed by atoms with E-state index in [0.717, 1.165) is 31.4 Å². The third-order valence-electron chi connectivity index (χ3n) is 4.04. The Hall–Kier alpha value is -1.51. The molecular weight excluding hydrogens is 224 g/mol. The highest BCUT2D eigenvalue weighted by Gasteiger charge is 2.36. The summed E-state index contributed by atoms with van der Waals surface area (Å²) in [6.45, 7) is 2.09. The summed E-state index contributed by atoms with van der Waals surface area (Å²) in [7, 11) is 1.84. The molecule has 1 aromatic carbocycles. The summed E-state index contributed by atoms with van der Waals surface area (Å²) in [5, 5.41) is 0. The number of carbonyl (C=O) groups excluding carboxylic acids is 1. The molecule has 0 unspecified atom stereocenters. The molecule has 0 radical (unpaired) electrons. The van der Waals surface area contributed by atoms with E-state index in [1.165, 1.54) is 6.42 Å². The predicted octanol–water partition coefficient (Wildman–Crippen LogP) is 3.20. The van der Waals surface area contributed by atoms with Crippen molar-refractivity contribution in [3.8, 4) is 0 Å². The molecule has 1 fully saturated rings. The Kier molecular flexibility index (Phi) is 3.60. The number of hydrogen-bond donors (Lipinski definition) is 1. The molecule has 1 aliphatic carbocycles. The van der Waals surface area contributed by atoms with Gasteiger partial charge in [0.25, 0.3) is 0 Å². The van der Waals surface area contributed by atoms with Crippen LogP contribution in [0.5, 0.6) is 0 Å². The molecule has 0 spiro atoms. The largest absolute Gasteiger partial charge is 0.399 e. The lowest BCUT2D eigenvalue weighted by Gasteiger charge is -2.35. The van der Waals surface area contributed by atoms with Gasteiger partial charge in [-0.3, -0.25) is 4.79 Å². The Labute approximate surface area is 109 Å². The molecule has 98 valence electrons. The van der Waals surface area contributed by atoms with E-state index in [-0.39, 0.29) is 11.3 Å². The van der Waals surface area contributed by atoms with Crippen molar-refractivity contribution in [1.29, 1.82) is 0 Å². The van der Waals surface area contributed by atoms with E-state index >= 15 is 0 Å². The first-order chi connectivity index (χ1) is 8.53. The highest BCUT2D eigenvalue weighted by atomic mass is 16.2. The second-order valence-corrected chi connectivity index (χ2v) is 5.58.